The lowest BCUT2D eigenvalue weighted by Gasteiger charge is -2.32. The summed E-state index contributed by atoms with van der Waals surface area (Å²) in [4.78, 5) is 22.6. The van der Waals surface area contributed by atoms with Crippen LogP contribution in [0.3, 0.4) is 0 Å². The lowest BCUT2D eigenvalue weighted by Crippen LogP contribution is -2.59. The second-order valence-corrected chi connectivity index (χ2v) is 3.71. The first-order valence-corrected chi connectivity index (χ1v) is 4.92. The van der Waals surface area contributed by atoms with Crippen molar-refractivity contribution in [2.24, 2.45) is 5.92 Å². The molecule has 0 saturated carbocycles. The second-order valence-electron chi connectivity index (χ2n) is 3.71. The Kier molecular flexibility index (Phi) is 2.67. The predicted molar refractivity (Wildman–Crippen MR) is 48.5 cm³/mol. The van der Waals surface area contributed by atoms with Crippen LogP contribution in [0.4, 0.5) is 0 Å². The maximum absolute atomic E-state index is 11.5. The molecule has 2 aliphatic rings. The molecule has 2 N–H and O–H groups in total. The first-order chi connectivity index (χ1) is 6.77. The first kappa shape index (κ1) is 9.45. The van der Waals surface area contributed by atoms with Crippen LogP contribution in [-0.2, 0) is 14.3 Å². The normalized spacial score (nSPS) is 29.6. The summed E-state index contributed by atoms with van der Waals surface area (Å²) in [7, 11) is 0. The van der Waals surface area contributed by atoms with Gasteiger partial charge in [-0.25, -0.2) is 0 Å². The quantitative estimate of drug-likeness (QED) is 0.569. The van der Waals surface area contributed by atoms with Gasteiger partial charge in [-0.1, -0.05) is 0 Å². The Labute approximate surface area is 82.2 Å². The molecule has 0 bridgehead atoms. The fourth-order valence-corrected chi connectivity index (χ4v) is 1.95. The lowest BCUT2D eigenvalue weighted by molar-refractivity contribution is -0.136. The molecule has 78 valence electrons. The van der Waals surface area contributed by atoms with Crippen LogP contribution in [-0.4, -0.2) is 37.6 Å². The molecule has 5 heteroatoms. The summed E-state index contributed by atoms with van der Waals surface area (Å²) in [6.45, 7) is 1.48. The van der Waals surface area contributed by atoms with Crippen molar-refractivity contribution in [3.05, 3.63) is 0 Å². The van der Waals surface area contributed by atoms with Crippen molar-refractivity contribution in [3.63, 3.8) is 0 Å². The highest BCUT2D eigenvalue weighted by atomic mass is 16.5. The maximum atomic E-state index is 11.5. The van der Waals surface area contributed by atoms with E-state index in [4.69, 9.17) is 4.74 Å². The Morgan fingerprint density at radius 1 is 1.21 bits per heavy atom. The third kappa shape index (κ3) is 1.87. The molecule has 2 heterocycles. The van der Waals surface area contributed by atoms with E-state index in [-0.39, 0.29) is 30.3 Å². The molecule has 0 radical (unpaired) electrons. The minimum absolute atomic E-state index is 0.0588. The molecule has 0 aromatic carbocycles. The van der Waals surface area contributed by atoms with Gasteiger partial charge in [0, 0.05) is 13.2 Å². The standard InChI is InChI=1S/C9H14N2O3/c12-7-5-10-9(13)8(11-7)6-1-3-14-4-2-6/h6,8H,1-5H2,(H,10,13)(H,11,12)/t8-/m0/s1. The van der Waals surface area contributed by atoms with Crippen molar-refractivity contribution >= 4 is 11.8 Å². The monoisotopic (exact) mass is 198 g/mol. The van der Waals surface area contributed by atoms with Crippen LogP contribution in [0.5, 0.6) is 0 Å². The topological polar surface area (TPSA) is 67.4 Å². The smallest absolute Gasteiger partial charge is 0.243 e. The van der Waals surface area contributed by atoms with E-state index >= 15 is 0 Å². The highest BCUT2D eigenvalue weighted by molar-refractivity contribution is 5.94. The molecule has 2 fully saturated rings. The fourth-order valence-electron chi connectivity index (χ4n) is 1.95. The summed E-state index contributed by atoms with van der Waals surface area (Å²) in [5.41, 5.74) is 0. The van der Waals surface area contributed by atoms with Gasteiger partial charge in [-0.05, 0) is 18.8 Å². The van der Waals surface area contributed by atoms with Crippen LogP contribution >= 0.6 is 0 Å². The molecule has 0 aliphatic carbocycles. The number of carbonyl (C=O) groups excluding carboxylic acids is 2. The number of hydrogen-bond acceptors (Lipinski definition) is 3. The minimum Gasteiger partial charge on any atom is -0.381 e. The number of carbonyl (C=O) groups is 2. The van der Waals surface area contributed by atoms with Gasteiger partial charge in [0.25, 0.3) is 0 Å². The van der Waals surface area contributed by atoms with Crippen LogP contribution in [0.2, 0.25) is 0 Å². The van der Waals surface area contributed by atoms with Crippen molar-refractivity contribution in [2.45, 2.75) is 18.9 Å². The molecule has 5 nitrogen and oxygen atoms in total. The third-order valence-electron chi connectivity index (χ3n) is 2.76. The van der Waals surface area contributed by atoms with Crippen molar-refractivity contribution in [2.75, 3.05) is 19.8 Å². The summed E-state index contributed by atoms with van der Waals surface area (Å²) in [6, 6.07) is -0.347. The average Bonchev–Trinajstić information content (AvgIpc) is 2.23. The van der Waals surface area contributed by atoms with E-state index in [2.05, 4.69) is 10.6 Å². The lowest BCUT2D eigenvalue weighted by atomic mass is 9.90. The second kappa shape index (κ2) is 3.96. The van der Waals surface area contributed by atoms with Gasteiger partial charge in [0.15, 0.2) is 0 Å². The Hall–Kier alpha value is -1.10. The molecule has 2 aliphatic heterocycles. The first-order valence-electron chi connectivity index (χ1n) is 4.92. The number of rotatable bonds is 1. The summed E-state index contributed by atoms with van der Waals surface area (Å²) in [5.74, 6) is 0.0746. The van der Waals surface area contributed by atoms with E-state index in [9.17, 15) is 9.59 Å². The molecule has 2 amide bonds. The van der Waals surface area contributed by atoms with Gasteiger partial charge in [0.2, 0.25) is 11.8 Å². The van der Waals surface area contributed by atoms with Gasteiger partial charge in [0.1, 0.15) is 6.04 Å². The SMILES string of the molecule is O=C1CNC(=O)[C@H](C2CCOCC2)N1. The zero-order valence-electron chi connectivity index (χ0n) is 7.91. The van der Waals surface area contributed by atoms with Crippen molar-refractivity contribution in [1.82, 2.24) is 10.6 Å². The van der Waals surface area contributed by atoms with Crippen molar-refractivity contribution in [3.8, 4) is 0 Å². The average molecular weight is 198 g/mol. The molecular formula is C9H14N2O3. The molecule has 0 spiro atoms. The van der Waals surface area contributed by atoms with E-state index in [0.717, 1.165) is 12.8 Å². The van der Waals surface area contributed by atoms with Gasteiger partial charge in [-0.3, -0.25) is 9.59 Å². The van der Waals surface area contributed by atoms with Crippen LogP contribution in [0.15, 0.2) is 0 Å². The van der Waals surface area contributed by atoms with Gasteiger partial charge >= 0.3 is 0 Å². The fraction of sp³-hybridized carbons (Fsp3) is 0.778. The summed E-state index contributed by atoms with van der Waals surface area (Å²) < 4.78 is 5.21. The highest BCUT2D eigenvalue weighted by Gasteiger charge is 2.33. The predicted octanol–water partition coefficient (Wildman–Crippen LogP) is -0.972. The summed E-state index contributed by atoms with van der Waals surface area (Å²) >= 11 is 0. The third-order valence-corrected chi connectivity index (χ3v) is 2.76. The zero-order chi connectivity index (χ0) is 9.97. The van der Waals surface area contributed by atoms with E-state index in [1.54, 1.807) is 0 Å². The highest BCUT2D eigenvalue weighted by Crippen LogP contribution is 2.19. The Morgan fingerprint density at radius 2 is 1.93 bits per heavy atom. The van der Waals surface area contributed by atoms with Gasteiger partial charge < -0.3 is 15.4 Å². The summed E-state index contributed by atoms with van der Waals surface area (Å²) in [6.07, 6.45) is 1.69. The molecule has 0 aromatic rings. The van der Waals surface area contributed by atoms with Crippen LogP contribution in [0, 0.1) is 5.92 Å². The maximum Gasteiger partial charge on any atom is 0.243 e. The molecule has 0 unspecified atom stereocenters. The zero-order valence-corrected chi connectivity index (χ0v) is 7.91. The minimum atomic E-state index is -0.347. The number of hydrogen-bond donors (Lipinski definition) is 2. The van der Waals surface area contributed by atoms with Crippen molar-refractivity contribution < 1.29 is 14.3 Å². The van der Waals surface area contributed by atoms with Gasteiger partial charge in [-0.2, -0.15) is 0 Å². The molecule has 2 rings (SSSR count). The van der Waals surface area contributed by atoms with Crippen LogP contribution in [0.1, 0.15) is 12.8 Å². The summed E-state index contributed by atoms with van der Waals surface area (Å²) in [5, 5.41) is 5.32. The number of piperazine rings is 1. The number of nitrogens with one attached hydrogen (secondary N) is 2. The van der Waals surface area contributed by atoms with E-state index in [1.165, 1.54) is 0 Å². The molecule has 1 atom stereocenters. The number of amides is 2. The van der Waals surface area contributed by atoms with Crippen LogP contribution in [0.25, 0.3) is 0 Å². The largest absolute Gasteiger partial charge is 0.381 e. The number of ether oxygens (including phenoxy) is 1. The Morgan fingerprint density at radius 3 is 2.64 bits per heavy atom. The molecular weight excluding hydrogens is 184 g/mol. The van der Waals surface area contributed by atoms with Gasteiger partial charge in [0.05, 0.1) is 6.54 Å². The van der Waals surface area contributed by atoms with E-state index in [1.807, 2.05) is 0 Å². The Bertz CT molecular complexity index is 248. The van der Waals surface area contributed by atoms with Gasteiger partial charge in [-0.15, -0.1) is 0 Å². The van der Waals surface area contributed by atoms with Crippen molar-refractivity contribution in [1.29, 1.82) is 0 Å². The Balaban J connectivity index is 1.99. The molecule has 2 saturated heterocycles. The van der Waals surface area contributed by atoms with E-state index in [0.29, 0.717) is 13.2 Å². The van der Waals surface area contributed by atoms with E-state index < -0.39 is 0 Å². The van der Waals surface area contributed by atoms with Crippen LogP contribution < -0.4 is 10.6 Å². The molecule has 0 aromatic heterocycles. The molecule has 14 heavy (non-hydrogen) atoms.